The van der Waals surface area contributed by atoms with Gasteiger partial charge < -0.3 is 15.4 Å². The summed E-state index contributed by atoms with van der Waals surface area (Å²) in [4.78, 5) is 8.88. The molecule has 1 aliphatic rings. The van der Waals surface area contributed by atoms with Crippen LogP contribution in [0.15, 0.2) is 35.6 Å². The molecule has 7 nitrogen and oxygen atoms in total. The Bertz CT molecular complexity index is 758. The highest BCUT2D eigenvalue weighted by atomic mass is 127. The number of para-hydroxylation sites is 1. The normalized spacial score (nSPS) is 18.3. The fourth-order valence-corrected chi connectivity index (χ4v) is 3.03. The minimum absolute atomic E-state index is 0. The summed E-state index contributed by atoms with van der Waals surface area (Å²) in [5, 5.41) is 10.9. The Balaban J connectivity index is 0.00000243. The second-order valence-electron chi connectivity index (χ2n) is 6.80. The largest absolute Gasteiger partial charge is 0.487 e. The molecular formula is C18H27IN6O. The molecule has 2 aromatic rings. The van der Waals surface area contributed by atoms with E-state index in [1.807, 2.05) is 25.2 Å². The number of aromatic nitrogens is 3. The Labute approximate surface area is 171 Å². The zero-order valence-electron chi connectivity index (χ0n) is 15.7. The molecule has 0 bridgehead atoms. The van der Waals surface area contributed by atoms with E-state index in [9.17, 15) is 0 Å². The quantitative estimate of drug-likeness (QED) is 0.409. The Hall–Kier alpha value is -1.84. The molecular weight excluding hydrogens is 443 g/mol. The molecule has 1 atom stereocenters. The molecule has 0 saturated carbocycles. The summed E-state index contributed by atoms with van der Waals surface area (Å²) >= 11 is 0. The number of halogens is 1. The van der Waals surface area contributed by atoms with Crippen molar-refractivity contribution in [3.8, 4) is 5.75 Å². The van der Waals surface area contributed by atoms with Crippen molar-refractivity contribution in [2.24, 2.45) is 12.0 Å². The highest BCUT2D eigenvalue weighted by Gasteiger charge is 2.33. The van der Waals surface area contributed by atoms with Crippen molar-refractivity contribution in [1.29, 1.82) is 0 Å². The van der Waals surface area contributed by atoms with E-state index in [4.69, 9.17) is 4.74 Å². The van der Waals surface area contributed by atoms with E-state index < -0.39 is 0 Å². The van der Waals surface area contributed by atoms with Gasteiger partial charge in [0.2, 0.25) is 0 Å². The fourth-order valence-electron chi connectivity index (χ4n) is 3.03. The first kappa shape index (κ1) is 20.5. The summed E-state index contributed by atoms with van der Waals surface area (Å²) in [6.45, 7) is 7.54. The number of aryl methyl sites for hydroxylation is 1. The van der Waals surface area contributed by atoms with Gasteiger partial charge in [-0.3, -0.25) is 4.68 Å². The van der Waals surface area contributed by atoms with E-state index >= 15 is 0 Å². The molecule has 1 aromatic heterocycles. The van der Waals surface area contributed by atoms with E-state index in [-0.39, 0.29) is 35.6 Å². The average molecular weight is 470 g/mol. The molecule has 0 radical (unpaired) electrons. The van der Waals surface area contributed by atoms with Crippen LogP contribution >= 0.6 is 24.0 Å². The summed E-state index contributed by atoms with van der Waals surface area (Å²) < 4.78 is 7.84. The van der Waals surface area contributed by atoms with Gasteiger partial charge in [0.15, 0.2) is 5.96 Å². The van der Waals surface area contributed by atoms with Crippen LogP contribution in [0.3, 0.4) is 0 Å². The smallest absolute Gasteiger partial charge is 0.192 e. The Morgan fingerprint density at radius 2 is 2.15 bits per heavy atom. The lowest BCUT2D eigenvalue weighted by Crippen LogP contribution is -2.45. The van der Waals surface area contributed by atoms with Gasteiger partial charge in [-0.2, -0.15) is 5.10 Å². The second-order valence-corrected chi connectivity index (χ2v) is 6.80. The predicted molar refractivity (Wildman–Crippen MR) is 113 cm³/mol. The van der Waals surface area contributed by atoms with Crippen LogP contribution in [0.1, 0.15) is 44.6 Å². The molecule has 0 amide bonds. The second kappa shape index (κ2) is 8.70. The van der Waals surface area contributed by atoms with E-state index in [2.05, 4.69) is 52.5 Å². The van der Waals surface area contributed by atoms with Crippen LogP contribution in [0.5, 0.6) is 5.75 Å². The van der Waals surface area contributed by atoms with Crippen molar-refractivity contribution < 1.29 is 4.74 Å². The minimum Gasteiger partial charge on any atom is -0.487 e. The lowest BCUT2D eigenvalue weighted by Gasteiger charge is -2.38. The van der Waals surface area contributed by atoms with E-state index in [0.717, 1.165) is 36.1 Å². The first-order chi connectivity index (χ1) is 12.0. The molecule has 1 aliphatic heterocycles. The zero-order chi connectivity index (χ0) is 17.9. The summed E-state index contributed by atoms with van der Waals surface area (Å²) in [5.74, 6) is 2.52. The van der Waals surface area contributed by atoms with Gasteiger partial charge in [-0.05, 0) is 26.8 Å². The molecule has 3 rings (SSSR count). The number of hydrogen-bond donors (Lipinski definition) is 2. The summed E-state index contributed by atoms with van der Waals surface area (Å²) in [5.41, 5.74) is 0.929. The number of rotatable bonds is 4. The van der Waals surface area contributed by atoms with Gasteiger partial charge >= 0.3 is 0 Å². The Morgan fingerprint density at radius 1 is 1.38 bits per heavy atom. The molecule has 142 valence electrons. The van der Waals surface area contributed by atoms with Crippen molar-refractivity contribution in [2.45, 2.75) is 45.4 Å². The number of nitrogens with zero attached hydrogens (tertiary/aromatic N) is 4. The monoisotopic (exact) mass is 470 g/mol. The van der Waals surface area contributed by atoms with Crippen LogP contribution in [0.25, 0.3) is 0 Å². The topological polar surface area (TPSA) is 76.4 Å². The molecule has 0 saturated heterocycles. The van der Waals surface area contributed by atoms with E-state index in [0.29, 0.717) is 6.54 Å². The molecule has 0 aliphatic carbocycles. The number of ether oxygens (including phenoxy) is 1. The van der Waals surface area contributed by atoms with E-state index in [1.54, 1.807) is 11.0 Å². The van der Waals surface area contributed by atoms with Gasteiger partial charge in [-0.25, -0.2) is 9.98 Å². The maximum atomic E-state index is 6.10. The molecule has 1 unspecified atom stereocenters. The number of hydrogen-bond acceptors (Lipinski definition) is 4. The van der Waals surface area contributed by atoms with Gasteiger partial charge in [0.05, 0.1) is 6.04 Å². The third-order valence-electron chi connectivity index (χ3n) is 4.22. The van der Waals surface area contributed by atoms with Crippen LogP contribution in [0.2, 0.25) is 0 Å². The standard InChI is InChI=1S/C18H26N6O.HI/c1-5-19-17(20-11-16-21-12-22-24(16)4)23-14-10-18(2,3)25-15-9-7-6-8-13(14)15;/h6-9,12,14H,5,10-11H2,1-4H3,(H2,19,20,23);1H. The molecule has 8 heteroatoms. The van der Waals surface area contributed by atoms with Crippen molar-refractivity contribution in [3.05, 3.63) is 42.0 Å². The third-order valence-corrected chi connectivity index (χ3v) is 4.22. The number of aliphatic imine (C=N–C) groups is 1. The first-order valence-electron chi connectivity index (χ1n) is 8.64. The SMILES string of the molecule is CCNC(=NCc1ncnn1C)NC1CC(C)(C)Oc2ccccc21.I. The number of nitrogens with one attached hydrogen (secondary N) is 2. The zero-order valence-corrected chi connectivity index (χ0v) is 18.0. The van der Waals surface area contributed by atoms with Crippen LogP contribution in [0, 0.1) is 0 Å². The van der Waals surface area contributed by atoms with Gasteiger partial charge in [-0.15, -0.1) is 24.0 Å². The lowest BCUT2D eigenvalue weighted by molar-refractivity contribution is 0.0694. The first-order valence-corrected chi connectivity index (χ1v) is 8.64. The summed E-state index contributed by atoms with van der Waals surface area (Å²) in [6, 6.07) is 8.31. The van der Waals surface area contributed by atoms with Crippen LogP contribution in [0.4, 0.5) is 0 Å². The number of fused-ring (bicyclic) bond motifs is 1. The predicted octanol–water partition coefficient (Wildman–Crippen LogP) is 2.79. The van der Waals surface area contributed by atoms with Crippen LogP contribution in [-0.2, 0) is 13.6 Å². The highest BCUT2D eigenvalue weighted by Crippen LogP contribution is 2.39. The van der Waals surface area contributed by atoms with Crippen molar-refractivity contribution in [1.82, 2.24) is 25.4 Å². The highest BCUT2D eigenvalue weighted by molar-refractivity contribution is 14.0. The van der Waals surface area contributed by atoms with Crippen molar-refractivity contribution in [2.75, 3.05) is 6.54 Å². The molecule has 2 N–H and O–H groups in total. The fraction of sp³-hybridized carbons (Fsp3) is 0.500. The lowest BCUT2D eigenvalue weighted by atomic mass is 9.90. The minimum atomic E-state index is -0.229. The summed E-state index contributed by atoms with van der Waals surface area (Å²) in [7, 11) is 1.87. The summed E-state index contributed by atoms with van der Waals surface area (Å²) in [6.07, 6.45) is 2.40. The van der Waals surface area contributed by atoms with Gasteiger partial charge in [0.25, 0.3) is 0 Å². The van der Waals surface area contributed by atoms with Gasteiger partial charge in [0, 0.05) is 25.6 Å². The maximum absolute atomic E-state index is 6.10. The molecule has 0 fully saturated rings. The van der Waals surface area contributed by atoms with Gasteiger partial charge in [-0.1, -0.05) is 18.2 Å². The van der Waals surface area contributed by atoms with Crippen LogP contribution < -0.4 is 15.4 Å². The van der Waals surface area contributed by atoms with Crippen molar-refractivity contribution >= 4 is 29.9 Å². The average Bonchev–Trinajstić information content (AvgIpc) is 2.97. The molecule has 1 aromatic carbocycles. The third kappa shape index (κ3) is 4.87. The van der Waals surface area contributed by atoms with Crippen LogP contribution in [-0.4, -0.2) is 32.9 Å². The molecule has 0 spiro atoms. The number of benzene rings is 1. The van der Waals surface area contributed by atoms with Crippen molar-refractivity contribution in [3.63, 3.8) is 0 Å². The molecule has 2 heterocycles. The number of guanidine groups is 1. The van der Waals surface area contributed by atoms with Gasteiger partial charge in [0.1, 0.15) is 30.0 Å². The van der Waals surface area contributed by atoms with E-state index in [1.165, 1.54) is 0 Å². The Kier molecular flexibility index (Phi) is 6.85. The Morgan fingerprint density at radius 3 is 2.85 bits per heavy atom. The maximum Gasteiger partial charge on any atom is 0.192 e. The molecule has 26 heavy (non-hydrogen) atoms.